The summed E-state index contributed by atoms with van der Waals surface area (Å²) in [6.45, 7) is 14.8. The second kappa shape index (κ2) is 11.7. The van der Waals surface area contributed by atoms with E-state index in [2.05, 4.69) is 45.9 Å². The van der Waals surface area contributed by atoms with Crippen LogP contribution in [0.15, 0.2) is 34.9 Å². The smallest absolute Gasteiger partial charge is 0.127 e. The van der Waals surface area contributed by atoms with Crippen molar-refractivity contribution in [3.8, 4) is 11.5 Å². The van der Waals surface area contributed by atoms with E-state index < -0.39 is 0 Å². The third-order valence-corrected chi connectivity index (χ3v) is 7.07. The minimum Gasteiger partial charge on any atom is -0.507 e. The molecule has 3 nitrogen and oxygen atoms in total. The van der Waals surface area contributed by atoms with Crippen LogP contribution in [0.1, 0.15) is 94.9 Å². The molecule has 3 heteroatoms. The maximum absolute atomic E-state index is 10.4. The van der Waals surface area contributed by atoms with Crippen LogP contribution in [0.4, 0.5) is 0 Å². The first-order chi connectivity index (χ1) is 15.1. The van der Waals surface area contributed by atoms with Crippen LogP contribution < -0.4 is 4.74 Å². The average Bonchev–Trinajstić information content (AvgIpc) is 2.75. The highest BCUT2D eigenvalue weighted by atomic mass is 16.5. The molecule has 0 amide bonds. The van der Waals surface area contributed by atoms with Gasteiger partial charge in [0.1, 0.15) is 17.1 Å². The van der Waals surface area contributed by atoms with Gasteiger partial charge in [-0.3, -0.25) is 0 Å². The van der Waals surface area contributed by atoms with Crippen LogP contribution in [0.3, 0.4) is 0 Å². The summed E-state index contributed by atoms with van der Waals surface area (Å²) in [6, 6.07) is 0. The van der Waals surface area contributed by atoms with E-state index in [9.17, 15) is 5.11 Å². The maximum Gasteiger partial charge on any atom is 0.127 e. The summed E-state index contributed by atoms with van der Waals surface area (Å²) in [7, 11) is 0. The maximum atomic E-state index is 10.4. The molecular weight excluding hydrogens is 396 g/mol. The topological polar surface area (TPSA) is 49.7 Å². The summed E-state index contributed by atoms with van der Waals surface area (Å²) in [5.74, 6) is 1.42. The summed E-state index contributed by atoms with van der Waals surface area (Å²) in [5, 5.41) is 19.4. The van der Waals surface area contributed by atoms with Crippen molar-refractivity contribution in [2.45, 2.75) is 105 Å². The number of allylic oxidation sites excluding steroid dienone is 5. The third kappa shape index (κ3) is 7.00. The molecule has 1 unspecified atom stereocenters. The number of fused-ring (bicyclic) bond motifs is 1. The number of aromatic hydroxyl groups is 1. The standard InChI is InChI=1S/C29H44O3/c1-20(13-9-14-22(3)19-30)11-8-12-21(2)15-10-17-29(7)18-16-26-25(6)27(31)23(4)24(5)28(26)32-29/h11,14-15,30-31H,8-10,12-13,16-19H2,1-7H3. The lowest BCUT2D eigenvalue weighted by Crippen LogP contribution is -2.37. The van der Waals surface area contributed by atoms with E-state index >= 15 is 0 Å². The molecular formula is C29H44O3. The minimum absolute atomic E-state index is 0.152. The van der Waals surface area contributed by atoms with Gasteiger partial charge in [-0.1, -0.05) is 34.9 Å². The zero-order valence-electron chi connectivity index (χ0n) is 21.4. The summed E-state index contributed by atoms with van der Waals surface area (Å²) in [4.78, 5) is 0. The van der Waals surface area contributed by atoms with Crippen LogP contribution >= 0.6 is 0 Å². The van der Waals surface area contributed by atoms with E-state index in [1.165, 1.54) is 16.7 Å². The minimum atomic E-state index is -0.152. The number of aliphatic hydroxyl groups excluding tert-OH is 1. The van der Waals surface area contributed by atoms with Gasteiger partial charge in [-0.2, -0.15) is 0 Å². The number of phenolic OH excluding ortho intramolecular Hbond substituents is 1. The van der Waals surface area contributed by atoms with Crippen LogP contribution in [-0.2, 0) is 6.42 Å². The van der Waals surface area contributed by atoms with Crippen molar-refractivity contribution in [3.63, 3.8) is 0 Å². The van der Waals surface area contributed by atoms with E-state index in [1.807, 2.05) is 20.8 Å². The zero-order valence-corrected chi connectivity index (χ0v) is 21.4. The fraction of sp³-hybridized carbons (Fsp3) is 0.586. The Morgan fingerprint density at radius 3 is 2.03 bits per heavy atom. The molecule has 1 aliphatic rings. The number of ether oxygens (including phenoxy) is 1. The molecule has 1 aliphatic heterocycles. The van der Waals surface area contributed by atoms with Gasteiger partial charge in [0.05, 0.1) is 6.61 Å². The number of hydrogen-bond acceptors (Lipinski definition) is 3. The highest BCUT2D eigenvalue weighted by Gasteiger charge is 2.33. The van der Waals surface area contributed by atoms with E-state index in [0.29, 0.717) is 5.75 Å². The first-order valence-corrected chi connectivity index (χ1v) is 12.2. The summed E-state index contributed by atoms with van der Waals surface area (Å²) < 4.78 is 6.55. The molecule has 1 aromatic carbocycles. The van der Waals surface area contributed by atoms with E-state index in [4.69, 9.17) is 9.84 Å². The van der Waals surface area contributed by atoms with E-state index in [0.717, 1.165) is 79.4 Å². The van der Waals surface area contributed by atoms with E-state index in [1.54, 1.807) is 0 Å². The first kappa shape index (κ1) is 26.3. The molecule has 178 valence electrons. The van der Waals surface area contributed by atoms with Crippen molar-refractivity contribution >= 4 is 0 Å². The Morgan fingerprint density at radius 1 is 0.875 bits per heavy atom. The number of hydrogen-bond donors (Lipinski definition) is 2. The van der Waals surface area contributed by atoms with Crippen LogP contribution in [0.25, 0.3) is 0 Å². The predicted octanol–water partition coefficient (Wildman–Crippen LogP) is 7.57. The molecule has 2 rings (SSSR count). The van der Waals surface area contributed by atoms with Gasteiger partial charge in [0, 0.05) is 5.56 Å². The van der Waals surface area contributed by atoms with Gasteiger partial charge in [0.25, 0.3) is 0 Å². The van der Waals surface area contributed by atoms with Gasteiger partial charge in [-0.25, -0.2) is 0 Å². The predicted molar refractivity (Wildman–Crippen MR) is 136 cm³/mol. The molecule has 0 spiro atoms. The van der Waals surface area contributed by atoms with Crippen molar-refractivity contribution in [2.75, 3.05) is 6.61 Å². The monoisotopic (exact) mass is 440 g/mol. The highest BCUT2D eigenvalue weighted by Crippen LogP contribution is 2.44. The van der Waals surface area contributed by atoms with Gasteiger partial charge in [0.2, 0.25) is 0 Å². The SMILES string of the molecule is CC(=CCCC(C)=CCCC(C)=CCCC1(C)CCc2c(C)c(O)c(C)c(C)c2O1)CO. The Labute approximate surface area is 195 Å². The second-order valence-corrected chi connectivity index (χ2v) is 10.0. The second-order valence-electron chi connectivity index (χ2n) is 10.0. The Bertz CT molecular complexity index is 888. The van der Waals surface area contributed by atoms with Crippen LogP contribution in [0.5, 0.6) is 11.5 Å². The first-order valence-electron chi connectivity index (χ1n) is 12.2. The van der Waals surface area contributed by atoms with Crippen molar-refractivity contribution in [1.29, 1.82) is 0 Å². The molecule has 0 saturated carbocycles. The molecule has 1 aromatic rings. The van der Waals surface area contributed by atoms with Crippen molar-refractivity contribution in [2.24, 2.45) is 0 Å². The Balaban J connectivity index is 1.86. The van der Waals surface area contributed by atoms with Gasteiger partial charge in [-0.05, 0) is 117 Å². The van der Waals surface area contributed by atoms with Gasteiger partial charge in [0.15, 0.2) is 0 Å². The molecule has 32 heavy (non-hydrogen) atoms. The summed E-state index contributed by atoms with van der Waals surface area (Å²) in [5.41, 5.74) is 7.93. The lowest BCUT2D eigenvalue weighted by Gasteiger charge is -2.38. The Morgan fingerprint density at radius 2 is 1.44 bits per heavy atom. The lowest BCUT2D eigenvalue weighted by atomic mass is 9.85. The van der Waals surface area contributed by atoms with Crippen LogP contribution in [0, 0.1) is 20.8 Å². The molecule has 0 saturated heterocycles. The van der Waals surface area contributed by atoms with Gasteiger partial charge < -0.3 is 14.9 Å². The fourth-order valence-corrected chi connectivity index (χ4v) is 4.46. The third-order valence-electron chi connectivity index (χ3n) is 7.07. The Kier molecular flexibility index (Phi) is 9.64. The quantitative estimate of drug-likeness (QED) is 0.369. The molecule has 0 fully saturated rings. The largest absolute Gasteiger partial charge is 0.507 e. The molecule has 0 radical (unpaired) electrons. The molecule has 0 aromatic heterocycles. The normalized spacial score (nSPS) is 19.7. The molecule has 0 bridgehead atoms. The number of phenols is 1. The Hall–Kier alpha value is -2.00. The van der Waals surface area contributed by atoms with E-state index in [-0.39, 0.29) is 12.2 Å². The van der Waals surface area contributed by atoms with Crippen LogP contribution in [-0.4, -0.2) is 22.4 Å². The summed E-state index contributed by atoms with van der Waals surface area (Å²) in [6.07, 6.45) is 15.1. The molecule has 1 heterocycles. The summed E-state index contributed by atoms with van der Waals surface area (Å²) >= 11 is 0. The number of benzene rings is 1. The zero-order chi connectivity index (χ0) is 23.9. The molecule has 2 N–H and O–H groups in total. The molecule has 0 aliphatic carbocycles. The average molecular weight is 441 g/mol. The molecule has 1 atom stereocenters. The number of aliphatic hydroxyl groups is 1. The van der Waals surface area contributed by atoms with Gasteiger partial charge >= 0.3 is 0 Å². The fourth-order valence-electron chi connectivity index (χ4n) is 4.46. The van der Waals surface area contributed by atoms with Crippen molar-refractivity contribution in [3.05, 3.63) is 57.2 Å². The van der Waals surface area contributed by atoms with Crippen molar-refractivity contribution < 1.29 is 14.9 Å². The number of rotatable bonds is 10. The van der Waals surface area contributed by atoms with Crippen molar-refractivity contribution in [1.82, 2.24) is 0 Å². The van der Waals surface area contributed by atoms with Crippen LogP contribution in [0.2, 0.25) is 0 Å². The highest BCUT2D eigenvalue weighted by molar-refractivity contribution is 5.58. The van der Waals surface area contributed by atoms with Gasteiger partial charge in [-0.15, -0.1) is 0 Å². The lowest BCUT2D eigenvalue weighted by molar-refractivity contribution is 0.0558.